The van der Waals surface area contributed by atoms with Crippen molar-refractivity contribution in [2.45, 2.75) is 296 Å². The fraction of sp³-hybridized carbons (Fsp3) is 1.00. The molecule has 0 rings (SSSR count). The van der Waals surface area contributed by atoms with Crippen LogP contribution in [0.25, 0.3) is 0 Å². The highest BCUT2D eigenvalue weighted by molar-refractivity contribution is 7.58. The lowest BCUT2D eigenvalue weighted by atomic mass is 10.0. The fourth-order valence-corrected chi connectivity index (χ4v) is 8.65. The molecular weight excluding hydrogens is 652 g/mol. The van der Waals surface area contributed by atoms with Gasteiger partial charge in [0.15, 0.2) is 7.37 Å². The highest BCUT2D eigenvalue weighted by Crippen LogP contribution is 2.41. The molecule has 0 aromatic heterocycles. The Hall–Kier alpha value is 0.190. The highest BCUT2D eigenvalue weighted by atomic mass is 31.2. The van der Waals surface area contributed by atoms with Crippen LogP contribution in [0.2, 0.25) is 0 Å². The molecule has 0 saturated carbocycles. The zero-order chi connectivity index (χ0) is 37.7. The second-order valence-corrected chi connectivity index (χ2v) is 20.3. The van der Waals surface area contributed by atoms with Crippen molar-refractivity contribution in [3.05, 3.63) is 0 Å². The van der Waals surface area contributed by atoms with Gasteiger partial charge in [-0.3, -0.25) is 4.57 Å². The third-order valence-electron chi connectivity index (χ3n) is 11.9. The average molecular weight is 753 g/mol. The molecule has 0 aliphatic carbocycles. The lowest BCUT2D eigenvalue weighted by Gasteiger charge is -2.11. The maximum atomic E-state index is 11.9. The Morgan fingerprint density at radius 2 is 0.423 bits per heavy atom. The van der Waals surface area contributed by atoms with Gasteiger partial charge in [0.2, 0.25) is 0 Å². The summed E-state index contributed by atoms with van der Waals surface area (Å²) in [6.07, 6.45) is 64.5. The number of rotatable bonds is 47. The fourth-order valence-electron chi connectivity index (χ4n) is 7.95. The minimum Gasteiger partial charge on any atom is -0.329 e. The summed E-state index contributed by atoms with van der Waals surface area (Å²) in [5, 5.41) is 0. The molecule has 0 N–H and O–H groups in total. The van der Waals surface area contributed by atoms with Crippen molar-refractivity contribution < 1.29 is 9.09 Å². The molecule has 0 spiro atoms. The van der Waals surface area contributed by atoms with Crippen LogP contribution in [0.3, 0.4) is 0 Å². The van der Waals surface area contributed by atoms with Crippen molar-refractivity contribution in [2.24, 2.45) is 0 Å². The molecule has 1 atom stereocenters. The first kappa shape index (κ1) is 52.2. The molecule has 52 heavy (non-hydrogen) atoms. The molecule has 0 amide bonds. The topological polar surface area (TPSA) is 26.3 Å². The Morgan fingerprint density at radius 1 is 0.269 bits per heavy atom. The lowest BCUT2D eigenvalue weighted by molar-refractivity contribution is 0.305. The minimum atomic E-state index is -2.28. The summed E-state index contributed by atoms with van der Waals surface area (Å²) >= 11 is 0. The number of hydrogen-bond acceptors (Lipinski definition) is 2. The van der Waals surface area contributed by atoms with Crippen molar-refractivity contribution in [3.8, 4) is 0 Å². The monoisotopic (exact) mass is 753 g/mol. The van der Waals surface area contributed by atoms with Gasteiger partial charge < -0.3 is 4.52 Å². The van der Waals surface area contributed by atoms with Gasteiger partial charge in [-0.2, -0.15) is 0 Å². The van der Waals surface area contributed by atoms with Crippen LogP contribution in [0.5, 0.6) is 0 Å². The zero-order valence-corrected chi connectivity index (χ0v) is 37.7. The zero-order valence-electron chi connectivity index (χ0n) is 36.8. The predicted molar refractivity (Wildman–Crippen MR) is 239 cm³/mol. The third kappa shape index (κ3) is 46.3. The molecule has 0 aliphatic heterocycles. The van der Waals surface area contributed by atoms with E-state index in [1.165, 1.54) is 276 Å². The van der Waals surface area contributed by atoms with Crippen molar-refractivity contribution >= 4 is 7.37 Å². The van der Waals surface area contributed by atoms with Crippen LogP contribution in [0.1, 0.15) is 296 Å². The largest absolute Gasteiger partial charge is 0.329 e. The van der Waals surface area contributed by atoms with Crippen molar-refractivity contribution in [1.29, 1.82) is 0 Å². The van der Waals surface area contributed by atoms with E-state index < -0.39 is 7.37 Å². The molecule has 0 aromatic rings. The molecule has 314 valence electrons. The summed E-state index contributed by atoms with van der Waals surface area (Å²) in [6, 6.07) is 0. The van der Waals surface area contributed by atoms with Crippen molar-refractivity contribution in [3.63, 3.8) is 0 Å². The minimum absolute atomic E-state index is 0.660. The Bertz CT molecular complexity index is 678. The number of unbranched alkanes of at least 4 members (excludes halogenated alkanes) is 43. The van der Waals surface area contributed by atoms with Gasteiger partial charge in [-0.1, -0.05) is 290 Å². The van der Waals surface area contributed by atoms with E-state index in [-0.39, 0.29) is 0 Å². The summed E-state index contributed by atoms with van der Waals surface area (Å²) in [5.41, 5.74) is 0. The maximum Gasteiger partial charge on any atom is 0.199 e. The van der Waals surface area contributed by atoms with E-state index in [2.05, 4.69) is 6.92 Å². The van der Waals surface area contributed by atoms with Crippen LogP contribution >= 0.6 is 7.37 Å². The van der Waals surface area contributed by atoms with Gasteiger partial charge in [-0.25, -0.2) is 0 Å². The summed E-state index contributed by atoms with van der Waals surface area (Å²) in [7, 11) is -2.28. The van der Waals surface area contributed by atoms with Gasteiger partial charge in [-0.05, 0) is 6.42 Å². The second-order valence-electron chi connectivity index (χ2n) is 17.4. The molecule has 1 unspecified atom stereocenters. The number of hydrogen-bond donors (Lipinski definition) is 0. The van der Waals surface area contributed by atoms with E-state index >= 15 is 0 Å². The summed E-state index contributed by atoms with van der Waals surface area (Å²) in [6.45, 7) is 6.71. The SMILES string of the molecule is CCCCCCCCCCCCCCCCCCCCCCCCCCCCCCCCCCCCCCCCCCCCCCOP(C)(=O)CC. The summed E-state index contributed by atoms with van der Waals surface area (Å²) in [5.74, 6) is 0. The predicted octanol–water partition coefficient (Wildman–Crippen LogP) is 19.1. The van der Waals surface area contributed by atoms with Gasteiger partial charge in [0.25, 0.3) is 0 Å². The second kappa shape index (κ2) is 45.6. The van der Waals surface area contributed by atoms with Crippen LogP contribution in [0, 0.1) is 0 Å². The first-order valence-corrected chi connectivity index (χ1v) is 27.1. The standard InChI is InChI=1S/C49H101O2P/c1-4-6-7-8-9-10-11-12-13-14-15-16-17-18-19-20-21-22-23-24-25-26-27-28-29-30-31-32-33-34-35-36-37-38-39-40-41-42-43-44-45-46-47-48-49-51-52(3,50)5-2/h4-49H2,1-3H3. The van der Waals surface area contributed by atoms with E-state index in [4.69, 9.17) is 4.52 Å². The highest BCUT2D eigenvalue weighted by Gasteiger charge is 2.11. The smallest absolute Gasteiger partial charge is 0.199 e. The molecule has 3 heteroatoms. The quantitative estimate of drug-likeness (QED) is 0.0457. The Balaban J connectivity index is 3.07. The molecule has 0 saturated heterocycles. The molecule has 0 heterocycles. The van der Waals surface area contributed by atoms with E-state index in [1.54, 1.807) is 6.66 Å². The normalized spacial score (nSPS) is 12.9. The van der Waals surface area contributed by atoms with Crippen LogP contribution in [0.15, 0.2) is 0 Å². The molecule has 0 bridgehead atoms. The summed E-state index contributed by atoms with van der Waals surface area (Å²) < 4.78 is 17.4. The maximum absolute atomic E-state index is 11.9. The summed E-state index contributed by atoms with van der Waals surface area (Å²) in [4.78, 5) is 0. The lowest BCUT2D eigenvalue weighted by Crippen LogP contribution is -1.94. The third-order valence-corrected chi connectivity index (χ3v) is 13.8. The van der Waals surface area contributed by atoms with Crippen LogP contribution < -0.4 is 0 Å². The van der Waals surface area contributed by atoms with Gasteiger partial charge in [0, 0.05) is 12.8 Å². The van der Waals surface area contributed by atoms with E-state index in [0.717, 1.165) is 6.42 Å². The van der Waals surface area contributed by atoms with Crippen LogP contribution in [-0.4, -0.2) is 19.4 Å². The Kier molecular flexibility index (Phi) is 45.7. The van der Waals surface area contributed by atoms with Crippen molar-refractivity contribution in [2.75, 3.05) is 19.4 Å². The van der Waals surface area contributed by atoms with E-state index in [0.29, 0.717) is 12.8 Å². The molecule has 0 aromatic carbocycles. The van der Waals surface area contributed by atoms with E-state index in [1.807, 2.05) is 6.92 Å². The van der Waals surface area contributed by atoms with Gasteiger partial charge >= 0.3 is 0 Å². The van der Waals surface area contributed by atoms with Crippen LogP contribution in [-0.2, 0) is 9.09 Å². The molecular formula is C49H101O2P. The molecule has 0 radical (unpaired) electrons. The first-order chi connectivity index (χ1) is 25.6. The molecule has 2 nitrogen and oxygen atoms in total. The van der Waals surface area contributed by atoms with Crippen LogP contribution in [0.4, 0.5) is 0 Å². The van der Waals surface area contributed by atoms with Gasteiger partial charge in [0.1, 0.15) is 0 Å². The van der Waals surface area contributed by atoms with Crippen molar-refractivity contribution in [1.82, 2.24) is 0 Å². The van der Waals surface area contributed by atoms with Gasteiger partial charge in [0.05, 0.1) is 6.61 Å². The van der Waals surface area contributed by atoms with E-state index in [9.17, 15) is 4.57 Å². The average Bonchev–Trinajstić information content (AvgIpc) is 3.14. The Morgan fingerprint density at radius 3 is 0.577 bits per heavy atom. The molecule has 0 fully saturated rings. The molecule has 0 aliphatic rings. The Labute approximate surface area is 331 Å². The first-order valence-electron chi connectivity index (χ1n) is 24.8. The van der Waals surface area contributed by atoms with Gasteiger partial charge in [-0.15, -0.1) is 0 Å².